The number of rotatable bonds is 4. The summed E-state index contributed by atoms with van der Waals surface area (Å²) in [7, 11) is 3.03. The molecule has 0 heterocycles. The van der Waals surface area contributed by atoms with Crippen molar-refractivity contribution in [3.63, 3.8) is 0 Å². The first-order valence-corrected chi connectivity index (χ1v) is 5.42. The molecule has 1 rings (SSSR count). The van der Waals surface area contributed by atoms with Gasteiger partial charge in [-0.1, -0.05) is 15.9 Å². The van der Waals surface area contributed by atoms with E-state index in [-0.39, 0.29) is 6.42 Å². The summed E-state index contributed by atoms with van der Waals surface area (Å²) < 4.78 is 11.2. The molecule has 0 saturated heterocycles. The molecule has 1 N–H and O–H groups in total. The topological polar surface area (TPSA) is 55.8 Å². The van der Waals surface area contributed by atoms with E-state index in [4.69, 9.17) is 14.6 Å². The maximum absolute atomic E-state index is 10.7. The van der Waals surface area contributed by atoms with Crippen LogP contribution in [0.2, 0.25) is 0 Å². The lowest BCUT2D eigenvalue weighted by atomic mass is 10.1. The zero-order valence-electron chi connectivity index (χ0n) is 9.33. The minimum atomic E-state index is -0.906. The summed E-state index contributed by atoms with van der Waals surface area (Å²) >= 11 is 3.36. The molecule has 88 valence electrons. The quantitative estimate of drug-likeness (QED) is 0.924. The van der Waals surface area contributed by atoms with E-state index in [1.807, 2.05) is 6.92 Å². The van der Waals surface area contributed by atoms with Crippen LogP contribution in [-0.2, 0) is 11.2 Å². The predicted octanol–water partition coefficient (Wildman–Crippen LogP) is 2.40. The molecular weight excluding hydrogens is 276 g/mol. The van der Waals surface area contributed by atoms with Gasteiger partial charge in [0.05, 0.1) is 20.6 Å². The van der Waals surface area contributed by atoms with E-state index in [2.05, 4.69) is 15.9 Å². The van der Waals surface area contributed by atoms with Crippen LogP contribution in [-0.4, -0.2) is 25.3 Å². The van der Waals surface area contributed by atoms with Gasteiger partial charge in [0.15, 0.2) is 11.5 Å². The van der Waals surface area contributed by atoms with Gasteiger partial charge in [-0.2, -0.15) is 0 Å². The van der Waals surface area contributed by atoms with Gasteiger partial charge in [-0.25, -0.2) is 0 Å². The molecule has 0 aliphatic carbocycles. The zero-order valence-corrected chi connectivity index (χ0v) is 10.9. The van der Waals surface area contributed by atoms with Crippen molar-refractivity contribution in [2.24, 2.45) is 0 Å². The fraction of sp³-hybridized carbons (Fsp3) is 0.364. The van der Waals surface area contributed by atoms with Crippen LogP contribution in [0.1, 0.15) is 11.1 Å². The van der Waals surface area contributed by atoms with Crippen molar-refractivity contribution in [2.75, 3.05) is 14.2 Å². The highest BCUT2D eigenvalue weighted by molar-refractivity contribution is 9.10. The number of aliphatic carboxylic acids is 1. The molecule has 0 fully saturated rings. The normalized spacial score (nSPS) is 10.0. The molecule has 0 atom stereocenters. The summed E-state index contributed by atoms with van der Waals surface area (Å²) in [6.45, 7) is 1.87. The molecule has 0 aliphatic heterocycles. The summed E-state index contributed by atoms with van der Waals surface area (Å²) in [6.07, 6.45) is -0.0988. The second kappa shape index (κ2) is 5.21. The Labute approximate surface area is 102 Å². The SMILES string of the molecule is COc1c(CC(=O)O)cc(Br)c(C)c1OC. The van der Waals surface area contributed by atoms with Gasteiger partial charge >= 0.3 is 5.97 Å². The molecule has 16 heavy (non-hydrogen) atoms. The first-order valence-electron chi connectivity index (χ1n) is 4.63. The Morgan fingerprint density at radius 3 is 2.38 bits per heavy atom. The second-order valence-electron chi connectivity index (χ2n) is 3.28. The number of ether oxygens (including phenoxy) is 2. The molecule has 0 unspecified atom stereocenters. The molecule has 0 aromatic heterocycles. The van der Waals surface area contributed by atoms with E-state index in [0.29, 0.717) is 17.1 Å². The average molecular weight is 289 g/mol. The molecule has 1 aromatic carbocycles. The van der Waals surface area contributed by atoms with E-state index >= 15 is 0 Å². The number of carboxylic acid groups (broad SMARTS) is 1. The lowest BCUT2D eigenvalue weighted by Gasteiger charge is -2.15. The highest BCUT2D eigenvalue weighted by atomic mass is 79.9. The molecule has 0 radical (unpaired) electrons. The molecule has 5 heteroatoms. The highest BCUT2D eigenvalue weighted by Crippen LogP contribution is 2.39. The maximum atomic E-state index is 10.7. The molecule has 0 amide bonds. The van der Waals surface area contributed by atoms with Crippen molar-refractivity contribution in [3.8, 4) is 11.5 Å². The van der Waals surface area contributed by atoms with Gasteiger partial charge in [0, 0.05) is 15.6 Å². The Bertz CT molecular complexity index is 415. The number of hydrogen-bond donors (Lipinski definition) is 1. The van der Waals surface area contributed by atoms with Gasteiger partial charge in [-0.05, 0) is 13.0 Å². The lowest BCUT2D eigenvalue weighted by Crippen LogP contribution is -2.05. The van der Waals surface area contributed by atoms with Crippen LogP contribution in [0, 0.1) is 6.92 Å². The minimum absolute atomic E-state index is 0.0988. The van der Waals surface area contributed by atoms with Gasteiger partial charge in [0.2, 0.25) is 0 Å². The molecular formula is C11H13BrO4. The number of benzene rings is 1. The monoisotopic (exact) mass is 288 g/mol. The van der Waals surface area contributed by atoms with Gasteiger partial charge in [0.25, 0.3) is 0 Å². The Kier molecular flexibility index (Phi) is 4.18. The van der Waals surface area contributed by atoms with Crippen molar-refractivity contribution in [1.29, 1.82) is 0 Å². The summed E-state index contributed by atoms with van der Waals surface area (Å²) in [5.74, 6) is 0.134. The van der Waals surface area contributed by atoms with Crippen LogP contribution < -0.4 is 9.47 Å². The first kappa shape index (κ1) is 12.8. The van der Waals surface area contributed by atoms with Crippen molar-refractivity contribution in [3.05, 3.63) is 21.7 Å². The van der Waals surface area contributed by atoms with Crippen molar-refractivity contribution in [1.82, 2.24) is 0 Å². The van der Waals surface area contributed by atoms with E-state index in [0.717, 1.165) is 10.0 Å². The molecule has 1 aromatic rings. The molecule has 0 saturated carbocycles. The third-order valence-corrected chi connectivity index (χ3v) is 3.07. The van der Waals surface area contributed by atoms with Gasteiger partial charge in [-0.15, -0.1) is 0 Å². The van der Waals surface area contributed by atoms with Gasteiger partial charge in [0.1, 0.15) is 0 Å². The van der Waals surface area contributed by atoms with Crippen LogP contribution in [0.25, 0.3) is 0 Å². The largest absolute Gasteiger partial charge is 0.493 e. The number of methoxy groups -OCH3 is 2. The second-order valence-corrected chi connectivity index (χ2v) is 4.13. The van der Waals surface area contributed by atoms with E-state index in [9.17, 15) is 4.79 Å². The lowest BCUT2D eigenvalue weighted by molar-refractivity contribution is -0.136. The average Bonchev–Trinajstić information content (AvgIpc) is 2.21. The Hall–Kier alpha value is -1.23. The smallest absolute Gasteiger partial charge is 0.307 e. The zero-order chi connectivity index (χ0) is 12.3. The predicted molar refractivity (Wildman–Crippen MR) is 63.3 cm³/mol. The summed E-state index contributed by atoms with van der Waals surface area (Å²) in [6, 6.07) is 1.74. The Balaban J connectivity index is 3.37. The van der Waals surface area contributed by atoms with Crippen LogP contribution in [0.4, 0.5) is 0 Å². The van der Waals surface area contributed by atoms with Crippen LogP contribution in [0.3, 0.4) is 0 Å². The molecule has 0 bridgehead atoms. The summed E-state index contributed by atoms with van der Waals surface area (Å²) in [4.78, 5) is 10.7. The van der Waals surface area contributed by atoms with Crippen molar-refractivity contribution in [2.45, 2.75) is 13.3 Å². The fourth-order valence-electron chi connectivity index (χ4n) is 1.52. The van der Waals surface area contributed by atoms with Crippen LogP contribution in [0.15, 0.2) is 10.5 Å². The summed E-state index contributed by atoms with van der Waals surface area (Å²) in [5.41, 5.74) is 1.47. The van der Waals surface area contributed by atoms with Gasteiger partial charge in [-0.3, -0.25) is 4.79 Å². The van der Waals surface area contributed by atoms with Gasteiger partial charge < -0.3 is 14.6 Å². The van der Waals surface area contributed by atoms with Crippen molar-refractivity contribution < 1.29 is 19.4 Å². The third-order valence-electron chi connectivity index (χ3n) is 2.25. The Morgan fingerprint density at radius 1 is 1.38 bits per heavy atom. The minimum Gasteiger partial charge on any atom is -0.493 e. The fourth-order valence-corrected chi connectivity index (χ4v) is 1.97. The van der Waals surface area contributed by atoms with E-state index in [1.165, 1.54) is 14.2 Å². The first-order chi connectivity index (χ1) is 7.51. The molecule has 4 nitrogen and oxygen atoms in total. The highest BCUT2D eigenvalue weighted by Gasteiger charge is 2.17. The van der Waals surface area contributed by atoms with E-state index in [1.54, 1.807) is 6.07 Å². The number of carbonyl (C=O) groups is 1. The van der Waals surface area contributed by atoms with Crippen LogP contribution in [0.5, 0.6) is 11.5 Å². The molecule has 0 aliphatic rings. The van der Waals surface area contributed by atoms with Crippen LogP contribution >= 0.6 is 15.9 Å². The number of halogens is 1. The Morgan fingerprint density at radius 2 is 1.94 bits per heavy atom. The third kappa shape index (κ3) is 2.47. The number of carboxylic acids is 1. The molecule has 0 spiro atoms. The van der Waals surface area contributed by atoms with Crippen molar-refractivity contribution >= 4 is 21.9 Å². The maximum Gasteiger partial charge on any atom is 0.307 e. The van der Waals surface area contributed by atoms with E-state index < -0.39 is 5.97 Å². The number of hydrogen-bond acceptors (Lipinski definition) is 3. The summed E-state index contributed by atoms with van der Waals surface area (Å²) in [5, 5.41) is 8.80. The standard InChI is InChI=1S/C11H13BrO4/c1-6-8(12)4-7(5-9(13)14)11(16-3)10(6)15-2/h4H,5H2,1-3H3,(H,13,14).